The molecule has 3 aliphatic heterocycles. The van der Waals surface area contributed by atoms with Crippen LogP contribution in [0.4, 0.5) is 0 Å². The van der Waals surface area contributed by atoms with Crippen molar-refractivity contribution in [1.29, 1.82) is 0 Å². The van der Waals surface area contributed by atoms with Gasteiger partial charge in [-0.1, -0.05) is 63.2 Å². The lowest BCUT2D eigenvalue weighted by atomic mass is 9.53. The minimum atomic E-state index is -1.12. The van der Waals surface area contributed by atoms with E-state index in [1.165, 1.54) is 12.8 Å². The van der Waals surface area contributed by atoms with Gasteiger partial charge in [-0.05, 0) is 164 Å². The van der Waals surface area contributed by atoms with Crippen LogP contribution in [0.25, 0.3) is 0 Å². The number of aliphatic hydroxyl groups excluding tert-OH is 1. The molecule has 10 heteroatoms. The van der Waals surface area contributed by atoms with Crippen LogP contribution in [0, 0.1) is 70.5 Å². The van der Waals surface area contributed by atoms with E-state index in [1.807, 2.05) is 0 Å². The van der Waals surface area contributed by atoms with E-state index in [4.69, 9.17) is 14.2 Å². The third-order valence-electron chi connectivity index (χ3n) is 20.1. The fraction of sp³-hybridized carbons (Fsp3) is 0.907. The predicted molar refractivity (Wildman–Crippen MR) is 243 cm³/mol. The van der Waals surface area contributed by atoms with Gasteiger partial charge in [0.1, 0.15) is 23.5 Å². The number of esters is 1. The highest BCUT2D eigenvalue weighted by Crippen LogP contribution is 2.65. The van der Waals surface area contributed by atoms with Crippen molar-refractivity contribution in [2.24, 2.45) is 58.7 Å². The SMILES string of the molecule is COC1CC2CCC(C(=O)[C@@H]3[C@H]4C(=O)O[C@H](C5CCCCC5)[C@H](C5CCCCC5)N4[C@H](C4CCC(O)CC4)[C@@]34C(=O)NC3CCC(C#CC5(O)CCCCCC5)CC34)CC2CC1OC. The Morgan fingerprint density at radius 2 is 1.33 bits per heavy atom. The molecule has 0 aromatic carbocycles. The number of Topliss-reactive ketones (excluding diaryl/α,β-unsaturated/α-hetero) is 1. The second kappa shape index (κ2) is 19.2. The van der Waals surface area contributed by atoms with E-state index in [0.29, 0.717) is 49.9 Å². The number of methoxy groups -OCH3 is 2. The molecule has 0 bridgehead atoms. The molecule has 0 radical (unpaired) electrons. The maximum atomic E-state index is 16.4. The van der Waals surface area contributed by atoms with Crippen LogP contribution < -0.4 is 5.32 Å². The van der Waals surface area contributed by atoms with Crippen molar-refractivity contribution >= 4 is 17.7 Å². The van der Waals surface area contributed by atoms with Crippen LogP contribution in [0.1, 0.15) is 180 Å². The number of cyclic esters (lactones) is 1. The van der Waals surface area contributed by atoms with Crippen molar-refractivity contribution in [1.82, 2.24) is 10.2 Å². The molecule has 0 aromatic heterocycles. The molecule has 1 amide bonds. The van der Waals surface area contributed by atoms with Crippen molar-refractivity contribution in [3.63, 3.8) is 0 Å². The minimum Gasteiger partial charge on any atom is -0.459 e. The Hall–Kier alpha value is -2.03. The zero-order chi connectivity index (χ0) is 44.2. The summed E-state index contributed by atoms with van der Waals surface area (Å²) in [5.74, 6) is 7.17. The van der Waals surface area contributed by atoms with Crippen molar-refractivity contribution in [2.75, 3.05) is 14.2 Å². The number of nitrogens with one attached hydrogen (secondary N) is 1. The van der Waals surface area contributed by atoms with E-state index < -0.39 is 23.0 Å². The van der Waals surface area contributed by atoms with Crippen LogP contribution in [-0.4, -0.2) is 101 Å². The summed E-state index contributed by atoms with van der Waals surface area (Å²) in [5.41, 5.74) is -2.09. The van der Waals surface area contributed by atoms with E-state index in [0.717, 1.165) is 135 Å². The van der Waals surface area contributed by atoms with Crippen LogP contribution in [0.2, 0.25) is 0 Å². The van der Waals surface area contributed by atoms with Gasteiger partial charge in [-0.25, -0.2) is 0 Å². The van der Waals surface area contributed by atoms with Gasteiger partial charge in [0.25, 0.3) is 0 Å². The number of morpholine rings is 1. The molecule has 10 rings (SSSR count). The molecule has 356 valence electrons. The Morgan fingerprint density at radius 3 is 2.00 bits per heavy atom. The van der Waals surface area contributed by atoms with E-state index in [-0.39, 0.29) is 89.8 Å². The van der Waals surface area contributed by atoms with E-state index in [1.54, 1.807) is 14.2 Å². The number of hydrogen-bond acceptors (Lipinski definition) is 9. The summed E-state index contributed by atoms with van der Waals surface area (Å²) in [5, 5.41) is 26.4. The van der Waals surface area contributed by atoms with Crippen molar-refractivity contribution in [3.05, 3.63) is 0 Å². The Morgan fingerprint density at radius 1 is 0.703 bits per heavy atom. The average molecular weight is 887 g/mol. The van der Waals surface area contributed by atoms with Gasteiger partial charge in [-0.2, -0.15) is 0 Å². The molecule has 0 aromatic rings. The largest absolute Gasteiger partial charge is 0.459 e. The van der Waals surface area contributed by atoms with Gasteiger partial charge in [0.05, 0.1) is 35.7 Å². The highest BCUT2D eigenvalue weighted by atomic mass is 16.6. The van der Waals surface area contributed by atoms with Crippen LogP contribution in [0.3, 0.4) is 0 Å². The lowest BCUT2D eigenvalue weighted by Crippen LogP contribution is -2.66. The number of aliphatic hydroxyl groups is 2. The molecule has 7 aliphatic carbocycles. The number of ketones is 1. The molecule has 3 heterocycles. The lowest BCUT2D eigenvalue weighted by molar-refractivity contribution is -0.190. The summed E-state index contributed by atoms with van der Waals surface area (Å²) < 4.78 is 18.9. The monoisotopic (exact) mass is 887 g/mol. The molecule has 3 N–H and O–H groups in total. The Labute approximate surface area is 384 Å². The van der Waals surface area contributed by atoms with Crippen LogP contribution in [-0.2, 0) is 28.6 Å². The second-order valence-electron chi connectivity index (χ2n) is 23.4. The molecule has 1 spiro atoms. The number of fused-ring (bicyclic) bond motifs is 4. The quantitative estimate of drug-likeness (QED) is 0.132. The summed E-state index contributed by atoms with van der Waals surface area (Å²) in [7, 11) is 3.56. The summed E-state index contributed by atoms with van der Waals surface area (Å²) in [6.07, 6.45) is 25.9. The molecule has 7 saturated carbocycles. The van der Waals surface area contributed by atoms with Crippen molar-refractivity contribution in [3.8, 4) is 11.8 Å². The van der Waals surface area contributed by atoms with Crippen molar-refractivity contribution < 1.29 is 38.8 Å². The Bertz CT molecular complexity index is 1730. The number of rotatable bonds is 7. The van der Waals surface area contributed by atoms with E-state index in [2.05, 4.69) is 22.1 Å². The van der Waals surface area contributed by atoms with Gasteiger partial charge < -0.3 is 29.7 Å². The Kier molecular flexibility index (Phi) is 13.7. The first kappa shape index (κ1) is 45.7. The standard InChI is InChI=1S/C54H82N2O8/c1-62-43-31-37-18-19-38(30-39(37)32-44(43)63-2)48(58)45-47-51(59)64-49(35-15-9-6-10-16-35)46(34-13-7-5-8-14-34)56(47)50(36-20-22-40(57)23-21-36)54(45)41-29-33(17-24-42(41)55-52(54)60)25-28-53(61)26-11-3-4-12-27-53/h33-47,49-50,57,61H,3-24,26-27,29-32H2,1-2H3,(H,55,60)/t33?,36?,37?,38?,39?,40?,41?,42?,43?,44?,45-,46-,47-,49+,50+,54-/m0/s1. The van der Waals surface area contributed by atoms with E-state index >= 15 is 14.4 Å². The predicted octanol–water partition coefficient (Wildman–Crippen LogP) is 8.08. The van der Waals surface area contributed by atoms with Gasteiger partial charge in [0.2, 0.25) is 5.91 Å². The van der Waals surface area contributed by atoms with Crippen molar-refractivity contribution in [2.45, 2.75) is 234 Å². The fourth-order valence-corrected chi connectivity index (χ4v) is 17.1. The van der Waals surface area contributed by atoms with Crippen LogP contribution in [0.5, 0.6) is 0 Å². The molecule has 3 saturated heterocycles. The molecule has 10 nitrogen and oxygen atoms in total. The third-order valence-corrected chi connectivity index (χ3v) is 20.1. The second-order valence-corrected chi connectivity index (χ2v) is 23.4. The highest BCUT2D eigenvalue weighted by molar-refractivity contribution is 6.00. The number of ether oxygens (including phenoxy) is 3. The molecule has 10 aliphatic rings. The first-order chi connectivity index (χ1) is 31.1. The number of hydrogen-bond donors (Lipinski definition) is 3. The maximum absolute atomic E-state index is 16.4. The molecular weight excluding hydrogens is 805 g/mol. The van der Waals surface area contributed by atoms with Gasteiger partial charge in [0.15, 0.2) is 0 Å². The number of carbonyl (C=O) groups excluding carboxylic acids is 3. The number of amides is 1. The molecule has 8 unspecified atom stereocenters. The minimum absolute atomic E-state index is 0.00576. The first-order valence-electron chi connectivity index (χ1n) is 26.9. The molecule has 14 atom stereocenters. The van der Waals surface area contributed by atoms with Crippen LogP contribution in [0.15, 0.2) is 0 Å². The van der Waals surface area contributed by atoms with Gasteiger partial charge >= 0.3 is 5.97 Å². The average Bonchev–Trinajstić information content (AvgIpc) is 3.69. The molecule has 64 heavy (non-hydrogen) atoms. The lowest BCUT2D eigenvalue weighted by Gasteiger charge is -2.54. The highest BCUT2D eigenvalue weighted by Gasteiger charge is 2.77. The van der Waals surface area contributed by atoms with Gasteiger partial charge in [-0.3, -0.25) is 19.3 Å². The summed E-state index contributed by atoms with van der Waals surface area (Å²) >= 11 is 0. The zero-order valence-electron chi connectivity index (χ0n) is 39.4. The first-order valence-corrected chi connectivity index (χ1v) is 26.9. The van der Waals surface area contributed by atoms with Crippen LogP contribution >= 0.6 is 0 Å². The fourth-order valence-electron chi connectivity index (χ4n) is 17.1. The third kappa shape index (κ3) is 8.25. The molecular formula is C54H82N2O8. The topological polar surface area (TPSA) is 135 Å². The summed E-state index contributed by atoms with van der Waals surface area (Å²) in [6, 6.07) is -1.23. The molecule has 10 fully saturated rings. The number of carbonyl (C=O) groups is 3. The van der Waals surface area contributed by atoms with E-state index in [9.17, 15) is 10.2 Å². The summed E-state index contributed by atoms with van der Waals surface area (Å²) in [4.78, 5) is 50.5. The maximum Gasteiger partial charge on any atom is 0.324 e. The van der Waals surface area contributed by atoms with Gasteiger partial charge in [0, 0.05) is 38.1 Å². The Balaban J connectivity index is 1.10. The summed E-state index contributed by atoms with van der Waals surface area (Å²) in [6.45, 7) is 0. The van der Waals surface area contributed by atoms with Gasteiger partial charge in [-0.15, -0.1) is 0 Å². The number of nitrogens with zero attached hydrogens (tertiary/aromatic N) is 1. The normalized spacial score (nSPS) is 45.5. The zero-order valence-corrected chi connectivity index (χ0v) is 39.4. The smallest absolute Gasteiger partial charge is 0.324 e.